The van der Waals surface area contributed by atoms with Gasteiger partial charge in [-0.3, -0.25) is 9.59 Å². The summed E-state index contributed by atoms with van der Waals surface area (Å²) in [5, 5.41) is 0. The summed E-state index contributed by atoms with van der Waals surface area (Å²) in [6.45, 7) is 1.73. The molecule has 0 bridgehead atoms. The van der Waals surface area contributed by atoms with Gasteiger partial charge in [-0.25, -0.2) is 0 Å². The molecule has 8 rings (SSSR count). The second-order valence-electron chi connectivity index (χ2n) is 11.6. The number of hydrogen-bond acceptors (Lipinski definition) is 5. The summed E-state index contributed by atoms with van der Waals surface area (Å²) in [7, 11) is 0. The first-order chi connectivity index (χ1) is 22.1. The Morgan fingerprint density at radius 2 is 1.29 bits per heavy atom. The zero-order valence-corrected chi connectivity index (χ0v) is 24.5. The van der Waals surface area contributed by atoms with Crippen molar-refractivity contribution in [3.63, 3.8) is 0 Å². The van der Waals surface area contributed by atoms with Crippen molar-refractivity contribution < 1.29 is 23.8 Å². The number of benzene rings is 5. The number of para-hydroxylation sites is 1. The van der Waals surface area contributed by atoms with Gasteiger partial charge < -0.3 is 24.0 Å². The molecule has 222 valence electrons. The van der Waals surface area contributed by atoms with Gasteiger partial charge in [0, 0.05) is 36.0 Å². The van der Waals surface area contributed by atoms with E-state index in [0.29, 0.717) is 42.4 Å². The Morgan fingerprint density at radius 1 is 0.667 bits per heavy atom. The van der Waals surface area contributed by atoms with Gasteiger partial charge in [-0.2, -0.15) is 0 Å². The van der Waals surface area contributed by atoms with Crippen molar-refractivity contribution in [2.75, 3.05) is 18.3 Å². The lowest BCUT2D eigenvalue weighted by atomic mass is 9.77. The van der Waals surface area contributed by atoms with Crippen LogP contribution in [0, 0.1) is 0 Å². The number of rotatable bonds is 7. The third kappa shape index (κ3) is 4.59. The number of nitrogens with zero attached hydrogens (tertiary/aromatic N) is 2. The van der Waals surface area contributed by atoms with Crippen LogP contribution >= 0.6 is 0 Å². The van der Waals surface area contributed by atoms with Gasteiger partial charge in [0.1, 0.15) is 17.8 Å². The number of carbonyl (C=O) groups excluding carboxylic acids is 2. The minimum absolute atomic E-state index is 0.0432. The Morgan fingerprint density at radius 3 is 1.98 bits per heavy atom. The molecule has 5 aromatic carbocycles. The number of ether oxygens (including phenoxy) is 3. The molecule has 0 saturated carbocycles. The topological polar surface area (TPSA) is 68.3 Å². The SMILES string of the molecule is O=C(c1ccc(CN2C(=O)C3(COc4cc5c(cc43)OCO5)c3ccccc32)cc1)N(Cc1ccccc1)Cc1ccccc1. The largest absolute Gasteiger partial charge is 0.491 e. The monoisotopic (exact) mass is 594 g/mol. The molecule has 1 spiro atoms. The highest BCUT2D eigenvalue weighted by molar-refractivity contribution is 6.11. The van der Waals surface area contributed by atoms with Crippen LogP contribution in [0.25, 0.3) is 0 Å². The zero-order chi connectivity index (χ0) is 30.4. The fraction of sp³-hybridized carbons (Fsp3) is 0.158. The van der Waals surface area contributed by atoms with Crippen molar-refractivity contribution in [2.24, 2.45) is 0 Å². The van der Waals surface area contributed by atoms with Crippen LogP contribution in [0.5, 0.6) is 17.2 Å². The third-order valence-corrected chi connectivity index (χ3v) is 8.90. The van der Waals surface area contributed by atoms with Crippen LogP contribution in [0.3, 0.4) is 0 Å². The summed E-state index contributed by atoms with van der Waals surface area (Å²) in [6, 6.07) is 39.2. The fourth-order valence-corrected chi connectivity index (χ4v) is 6.65. The third-order valence-electron chi connectivity index (χ3n) is 8.90. The summed E-state index contributed by atoms with van der Waals surface area (Å²) < 4.78 is 17.3. The summed E-state index contributed by atoms with van der Waals surface area (Å²) >= 11 is 0. The van der Waals surface area contributed by atoms with Crippen molar-refractivity contribution in [1.82, 2.24) is 4.90 Å². The molecule has 0 N–H and O–H groups in total. The molecule has 5 aromatic rings. The van der Waals surface area contributed by atoms with Crippen molar-refractivity contribution >= 4 is 17.5 Å². The molecule has 1 unspecified atom stereocenters. The van der Waals surface area contributed by atoms with Gasteiger partial charge in [-0.15, -0.1) is 0 Å². The molecule has 1 atom stereocenters. The van der Waals surface area contributed by atoms with Crippen molar-refractivity contribution in [3.05, 3.63) is 155 Å². The van der Waals surface area contributed by atoms with E-state index in [0.717, 1.165) is 33.5 Å². The molecule has 0 fully saturated rings. The van der Waals surface area contributed by atoms with Gasteiger partial charge in [0.15, 0.2) is 11.5 Å². The predicted molar refractivity (Wildman–Crippen MR) is 169 cm³/mol. The summed E-state index contributed by atoms with van der Waals surface area (Å²) in [6.07, 6.45) is 0. The van der Waals surface area contributed by atoms with Crippen LogP contribution in [-0.2, 0) is 29.8 Å². The standard InChI is InChI=1S/C38H30N2O5/c41-36(39(21-26-9-3-1-4-10-26)22-27-11-5-2-6-12-27)29-17-15-28(16-18-29)23-40-32-14-8-7-13-30(32)38(37(40)42)24-43-33-20-35-34(19-31(33)38)44-25-45-35/h1-20H,21-25H2. The molecule has 7 heteroatoms. The second-order valence-corrected chi connectivity index (χ2v) is 11.6. The van der Waals surface area contributed by atoms with Gasteiger partial charge in [0.05, 0.1) is 6.54 Å². The maximum Gasteiger partial charge on any atom is 0.254 e. The first-order valence-corrected chi connectivity index (χ1v) is 15.0. The minimum Gasteiger partial charge on any atom is -0.491 e. The molecule has 3 heterocycles. The molecule has 2 amide bonds. The zero-order valence-electron chi connectivity index (χ0n) is 24.5. The van der Waals surface area contributed by atoms with Gasteiger partial charge in [-0.05, 0) is 46.5 Å². The maximum atomic E-state index is 14.4. The highest BCUT2D eigenvalue weighted by atomic mass is 16.7. The highest BCUT2D eigenvalue weighted by Gasteiger charge is 2.57. The maximum absolute atomic E-state index is 14.4. The van der Waals surface area contributed by atoms with E-state index in [1.165, 1.54) is 0 Å². The van der Waals surface area contributed by atoms with E-state index in [-0.39, 0.29) is 25.2 Å². The van der Waals surface area contributed by atoms with E-state index < -0.39 is 5.41 Å². The average molecular weight is 595 g/mol. The summed E-state index contributed by atoms with van der Waals surface area (Å²) in [5.41, 5.74) is 5.27. The minimum atomic E-state index is -0.960. The Hall–Kier alpha value is -5.56. The second kappa shape index (κ2) is 10.9. The molecule has 3 aliphatic heterocycles. The van der Waals surface area contributed by atoms with Crippen molar-refractivity contribution in [3.8, 4) is 17.2 Å². The molecule has 0 aliphatic carbocycles. The van der Waals surface area contributed by atoms with Crippen LogP contribution in [0.1, 0.15) is 38.2 Å². The van der Waals surface area contributed by atoms with E-state index in [9.17, 15) is 9.59 Å². The Kier molecular flexibility index (Phi) is 6.52. The molecule has 45 heavy (non-hydrogen) atoms. The lowest BCUT2D eigenvalue weighted by molar-refractivity contribution is -0.122. The highest BCUT2D eigenvalue weighted by Crippen LogP contribution is 2.55. The lowest BCUT2D eigenvalue weighted by Gasteiger charge is -2.24. The normalized spacial score (nSPS) is 17.2. The molecule has 0 aromatic heterocycles. The van der Waals surface area contributed by atoms with Crippen LogP contribution in [-0.4, -0.2) is 30.1 Å². The predicted octanol–water partition coefficient (Wildman–Crippen LogP) is 6.48. The fourth-order valence-electron chi connectivity index (χ4n) is 6.65. The summed E-state index contributed by atoms with van der Waals surface area (Å²) in [4.78, 5) is 31.9. The first-order valence-electron chi connectivity index (χ1n) is 15.0. The smallest absolute Gasteiger partial charge is 0.254 e. The number of anilines is 1. The molecular formula is C38H30N2O5. The number of hydrogen-bond donors (Lipinski definition) is 0. The van der Waals surface area contributed by atoms with E-state index in [4.69, 9.17) is 14.2 Å². The average Bonchev–Trinajstić information content (AvgIpc) is 3.77. The number of fused-ring (bicyclic) bond motifs is 5. The van der Waals surface area contributed by atoms with Gasteiger partial charge in [0.25, 0.3) is 5.91 Å². The van der Waals surface area contributed by atoms with Crippen LogP contribution in [0.2, 0.25) is 0 Å². The Labute approximate surface area is 261 Å². The van der Waals surface area contributed by atoms with Crippen LogP contribution < -0.4 is 19.1 Å². The first kappa shape index (κ1) is 27.0. The summed E-state index contributed by atoms with van der Waals surface area (Å²) in [5.74, 6) is 1.80. The van der Waals surface area contributed by atoms with Crippen LogP contribution in [0.4, 0.5) is 5.69 Å². The van der Waals surface area contributed by atoms with Crippen molar-refractivity contribution in [1.29, 1.82) is 0 Å². The van der Waals surface area contributed by atoms with E-state index in [1.54, 1.807) is 0 Å². The molecule has 0 radical (unpaired) electrons. The lowest BCUT2D eigenvalue weighted by Crippen LogP contribution is -2.42. The van der Waals surface area contributed by atoms with Crippen molar-refractivity contribution in [2.45, 2.75) is 25.0 Å². The molecule has 3 aliphatic rings. The molecular weight excluding hydrogens is 564 g/mol. The van der Waals surface area contributed by atoms with Gasteiger partial charge in [0.2, 0.25) is 12.7 Å². The Bertz CT molecular complexity index is 1870. The number of carbonyl (C=O) groups is 2. The molecule has 7 nitrogen and oxygen atoms in total. The van der Waals surface area contributed by atoms with E-state index in [2.05, 4.69) is 0 Å². The number of amides is 2. The Balaban J connectivity index is 1.06. The van der Waals surface area contributed by atoms with Gasteiger partial charge in [-0.1, -0.05) is 91.0 Å². The van der Waals surface area contributed by atoms with E-state index >= 15 is 0 Å². The van der Waals surface area contributed by atoms with Gasteiger partial charge >= 0.3 is 0 Å². The molecule has 0 saturated heterocycles. The quantitative estimate of drug-likeness (QED) is 0.216. The van der Waals surface area contributed by atoms with E-state index in [1.807, 2.05) is 131 Å². The van der Waals surface area contributed by atoms with Crippen LogP contribution in [0.15, 0.2) is 121 Å².